The summed E-state index contributed by atoms with van der Waals surface area (Å²) >= 11 is 0. The predicted octanol–water partition coefficient (Wildman–Crippen LogP) is 6.17. The number of nitrogens with one attached hydrogen (secondary N) is 1. The first-order chi connectivity index (χ1) is 19.9. The maximum absolute atomic E-state index is 13.2. The Morgan fingerprint density at radius 3 is 2.43 bits per heavy atom. The number of aromatic nitrogens is 2. The van der Waals surface area contributed by atoms with Crippen molar-refractivity contribution in [1.82, 2.24) is 9.97 Å². The van der Waals surface area contributed by atoms with Crippen molar-refractivity contribution in [3.63, 3.8) is 0 Å². The van der Waals surface area contributed by atoms with Crippen molar-refractivity contribution in [3.8, 4) is 34.1 Å². The fraction of sp³-hybridized carbons (Fsp3) is 0.219. The van der Waals surface area contributed by atoms with E-state index in [2.05, 4.69) is 35.5 Å². The van der Waals surface area contributed by atoms with Crippen molar-refractivity contribution in [3.05, 3.63) is 101 Å². The lowest BCUT2D eigenvalue weighted by molar-refractivity contribution is 0.294. The van der Waals surface area contributed by atoms with Crippen LogP contribution in [0.25, 0.3) is 33.2 Å². The highest BCUT2D eigenvalue weighted by molar-refractivity contribution is 7.92. The van der Waals surface area contributed by atoms with Crippen molar-refractivity contribution < 1.29 is 22.3 Å². The SMILES string of the molecule is COc1c(-c2cc3ccc(NS(C)(=O)=O)cc3c(=O)o2)cc(-c2cncnc2OCc2ccccc2)cc1C(C)(C)C. The second-order valence-corrected chi connectivity index (χ2v) is 12.7. The van der Waals surface area contributed by atoms with Crippen LogP contribution in [0, 0.1) is 0 Å². The Balaban J connectivity index is 1.66. The minimum atomic E-state index is -3.51. The summed E-state index contributed by atoms with van der Waals surface area (Å²) in [6.45, 7) is 6.54. The molecular weight excluding hydrogens is 554 g/mol. The van der Waals surface area contributed by atoms with Crippen LogP contribution in [0.4, 0.5) is 5.69 Å². The second kappa shape index (κ2) is 11.3. The number of hydrogen-bond donors (Lipinski definition) is 1. The molecule has 0 saturated carbocycles. The van der Waals surface area contributed by atoms with Gasteiger partial charge in [-0.1, -0.05) is 57.2 Å². The van der Waals surface area contributed by atoms with Gasteiger partial charge in [0, 0.05) is 17.4 Å². The number of benzene rings is 3. The Labute approximate surface area is 244 Å². The third-order valence-corrected chi connectivity index (χ3v) is 7.24. The molecule has 2 heterocycles. The van der Waals surface area contributed by atoms with Gasteiger partial charge >= 0.3 is 5.63 Å². The minimum Gasteiger partial charge on any atom is -0.496 e. The average Bonchev–Trinajstić information content (AvgIpc) is 2.95. The Kier molecular flexibility index (Phi) is 7.74. The first-order valence-electron chi connectivity index (χ1n) is 13.2. The molecule has 9 nitrogen and oxygen atoms in total. The van der Waals surface area contributed by atoms with Gasteiger partial charge in [0.2, 0.25) is 15.9 Å². The van der Waals surface area contributed by atoms with E-state index >= 15 is 0 Å². The van der Waals surface area contributed by atoms with Gasteiger partial charge in [0.1, 0.15) is 24.4 Å². The molecule has 42 heavy (non-hydrogen) atoms. The summed E-state index contributed by atoms with van der Waals surface area (Å²) in [5, 5.41) is 0.826. The maximum Gasteiger partial charge on any atom is 0.344 e. The summed E-state index contributed by atoms with van der Waals surface area (Å²) in [6, 6.07) is 20.1. The molecule has 0 atom stereocenters. The normalized spacial score (nSPS) is 11.8. The highest BCUT2D eigenvalue weighted by atomic mass is 32.2. The molecule has 0 amide bonds. The predicted molar refractivity (Wildman–Crippen MR) is 163 cm³/mol. The van der Waals surface area contributed by atoms with Crippen LogP contribution in [0.2, 0.25) is 0 Å². The number of hydrogen-bond acceptors (Lipinski definition) is 8. The fourth-order valence-corrected chi connectivity index (χ4v) is 5.25. The van der Waals surface area contributed by atoms with Gasteiger partial charge in [-0.15, -0.1) is 0 Å². The van der Waals surface area contributed by atoms with Crippen molar-refractivity contribution in [1.29, 1.82) is 0 Å². The van der Waals surface area contributed by atoms with E-state index in [-0.39, 0.29) is 16.5 Å². The maximum atomic E-state index is 13.2. The topological polar surface area (TPSA) is 121 Å². The number of sulfonamides is 1. The Morgan fingerprint density at radius 1 is 0.976 bits per heavy atom. The standard InChI is InChI=1S/C32H31N3O6S/c1-32(2,3)27-14-22(26-17-33-19-34-30(26)40-18-20-9-7-6-8-10-20)13-25(29(27)39-4)28-15-21-11-12-23(35-42(5,37)38)16-24(21)31(36)41-28/h6-17,19,35H,18H2,1-5H3. The van der Waals surface area contributed by atoms with Gasteiger partial charge in [-0.2, -0.15) is 0 Å². The Hall–Kier alpha value is -4.70. The van der Waals surface area contributed by atoms with Crippen molar-refractivity contribution in [2.45, 2.75) is 32.8 Å². The summed E-state index contributed by atoms with van der Waals surface area (Å²) in [5.74, 6) is 1.27. The van der Waals surface area contributed by atoms with Gasteiger partial charge in [-0.05, 0) is 52.3 Å². The Bertz CT molecular complexity index is 1930. The molecule has 10 heteroatoms. The zero-order chi connectivity index (χ0) is 30.1. The van der Waals surface area contributed by atoms with Crippen LogP contribution >= 0.6 is 0 Å². The Morgan fingerprint density at radius 2 is 1.74 bits per heavy atom. The summed E-state index contributed by atoms with van der Waals surface area (Å²) < 4.78 is 43.6. The van der Waals surface area contributed by atoms with E-state index < -0.39 is 15.6 Å². The smallest absolute Gasteiger partial charge is 0.344 e. The van der Waals surface area contributed by atoms with E-state index in [0.29, 0.717) is 40.5 Å². The third-order valence-electron chi connectivity index (χ3n) is 6.64. The summed E-state index contributed by atoms with van der Waals surface area (Å²) in [7, 11) is -1.93. The molecule has 2 aromatic heterocycles. The number of nitrogens with zero attached hydrogens (tertiary/aromatic N) is 2. The molecule has 0 aliphatic heterocycles. The van der Waals surface area contributed by atoms with Gasteiger partial charge in [-0.3, -0.25) is 4.72 Å². The van der Waals surface area contributed by atoms with E-state index in [1.165, 1.54) is 12.4 Å². The molecule has 0 radical (unpaired) electrons. The van der Waals surface area contributed by atoms with Crippen LogP contribution in [0.5, 0.6) is 11.6 Å². The molecular formula is C32H31N3O6S. The first-order valence-corrected chi connectivity index (χ1v) is 15.1. The molecule has 0 bridgehead atoms. The molecule has 0 fully saturated rings. The number of fused-ring (bicyclic) bond motifs is 1. The molecule has 0 unspecified atom stereocenters. The molecule has 0 aliphatic rings. The molecule has 0 aliphatic carbocycles. The molecule has 5 rings (SSSR count). The summed E-state index contributed by atoms with van der Waals surface area (Å²) in [5.41, 5.74) is 3.19. The summed E-state index contributed by atoms with van der Waals surface area (Å²) in [4.78, 5) is 21.8. The lowest BCUT2D eigenvalue weighted by Gasteiger charge is -2.25. The zero-order valence-corrected chi connectivity index (χ0v) is 24.8. The van der Waals surface area contributed by atoms with E-state index in [1.807, 2.05) is 42.5 Å². The van der Waals surface area contributed by atoms with E-state index in [4.69, 9.17) is 13.9 Å². The van der Waals surface area contributed by atoms with Crippen molar-refractivity contribution >= 4 is 26.5 Å². The van der Waals surface area contributed by atoms with E-state index in [9.17, 15) is 13.2 Å². The largest absolute Gasteiger partial charge is 0.496 e. The van der Waals surface area contributed by atoms with Crippen LogP contribution < -0.4 is 19.8 Å². The fourth-order valence-electron chi connectivity index (χ4n) is 4.70. The van der Waals surface area contributed by atoms with Gasteiger partial charge in [0.25, 0.3) is 0 Å². The van der Waals surface area contributed by atoms with Crippen LogP contribution in [0.15, 0.2) is 88.5 Å². The second-order valence-electron chi connectivity index (χ2n) is 10.9. The van der Waals surface area contributed by atoms with Gasteiger partial charge in [-0.25, -0.2) is 23.2 Å². The van der Waals surface area contributed by atoms with Gasteiger partial charge < -0.3 is 13.9 Å². The molecule has 0 spiro atoms. The highest BCUT2D eigenvalue weighted by Crippen LogP contribution is 2.44. The van der Waals surface area contributed by atoms with Crippen molar-refractivity contribution in [2.24, 2.45) is 0 Å². The van der Waals surface area contributed by atoms with Crippen molar-refractivity contribution in [2.75, 3.05) is 18.1 Å². The lowest BCUT2D eigenvalue weighted by atomic mass is 9.83. The third kappa shape index (κ3) is 6.28. The lowest BCUT2D eigenvalue weighted by Crippen LogP contribution is -2.14. The van der Waals surface area contributed by atoms with Crippen LogP contribution in [-0.2, 0) is 22.0 Å². The molecule has 3 aromatic carbocycles. The minimum absolute atomic E-state index is 0.242. The molecule has 1 N–H and O–H groups in total. The summed E-state index contributed by atoms with van der Waals surface area (Å²) in [6.07, 6.45) is 4.18. The number of anilines is 1. The number of rotatable bonds is 8. The van der Waals surface area contributed by atoms with Gasteiger partial charge in [0.15, 0.2) is 0 Å². The molecule has 216 valence electrons. The monoisotopic (exact) mass is 585 g/mol. The molecule has 5 aromatic rings. The van der Waals surface area contributed by atoms with E-state index in [1.54, 1.807) is 31.5 Å². The highest BCUT2D eigenvalue weighted by Gasteiger charge is 2.26. The zero-order valence-electron chi connectivity index (χ0n) is 24.0. The first kappa shape index (κ1) is 28.8. The van der Waals surface area contributed by atoms with Crippen LogP contribution in [-0.4, -0.2) is 31.8 Å². The van der Waals surface area contributed by atoms with Gasteiger partial charge in [0.05, 0.1) is 29.9 Å². The number of ether oxygens (including phenoxy) is 2. The average molecular weight is 586 g/mol. The van der Waals surface area contributed by atoms with Crippen LogP contribution in [0.3, 0.4) is 0 Å². The van der Waals surface area contributed by atoms with E-state index in [0.717, 1.165) is 22.9 Å². The quantitative estimate of drug-likeness (QED) is 0.229. The van der Waals surface area contributed by atoms with Crippen LogP contribution in [0.1, 0.15) is 31.9 Å². The number of methoxy groups -OCH3 is 1. The molecule has 0 saturated heterocycles.